The molecule has 0 aromatic carbocycles. The molecule has 1 heterocycles. The van der Waals surface area contributed by atoms with Crippen molar-refractivity contribution in [3.05, 3.63) is 24.0 Å². The standard InChI is InChI=1S/C10H14N2O3/c1-7(10(14)15-2)11-5-8-3-4-9(13)6-12-8/h3-4,6-7,11,13H,5H2,1-2H3/t7-/m0/s1. The molecular weight excluding hydrogens is 196 g/mol. The molecular formula is C10H14N2O3. The lowest BCUT2D eigenvalue weighted by Gasteiger charge is -2.10. The van der Waals surface area contributed by atoms with Crippen LogP contribution < -0.4 is 5.32 Å². The van der Waals surface area contributed by atoms with E-state index in [1.165, 1.54) is 13.3 Å². The van der Waals surface area contributed by atoms with E-state index in [0.29, 0.717) is 6.54 Å². The molecule has 0 saturated heterocycles. The SMILES string of the molecule is COC(=O)[C@H](C)NCc1ccc(O)cn1. The highest BCUT2D eigenvalue weighted by Gasteiger charge is 2.11. The molecule has 5 nitrogen and oxygen atoms in total. The molecule has 0 unspecified atom stereocenters. The van der Waals surface area contributed by atoms with Crippen LogP contribution in [0.25, 0.3) is 0 Å². The van der Waals surface area contributed by atoms with Gasteiger partial charge >= 0.3 is 5.97 Å². The van der Waals surface area contributed by atoms with Gasteiger partial charge in [-0.15, -0.1) is 0 Å². The zero-order valence-electron chi connectivity index (χ0n) is 8.73. The number of ether oxygens (including phenoxy) is 1. The van der Waals surface area contributed by atoms with Crippen molar-refractivity contribution in [2.24, 2.45) is 0 Å². The monoisotopic (exact) mass is 210 g/mol. The molecule has 5 heteroatoms. The number of pyridine rings is 1. The number of carbonyl (C=O) groups excluding carboxylic acids is 1. The normalized spacial score (nSPS) is 12.1. The van der Waals surface area contributed by atoms with Gasteiger partial charge in [-0.3, -0.25) is 15.1 Å². The first-order valence-electron chi connectivity index (χ1n) is 4.58. The van der Waals surface area contributed by atoms with Crippen molar-refractivity contribution < 1.29 is 14.6 Å². The Hall–Kier alpha value is -1.62. The number of aromatic nitrogens is 1. The molecule has 0 amide bonds. The fourth-order valence-corrected chi connectivity index (χ4v) is 1.04. The molecule has 0 fully saturated rings. The molecule has 0 aliphatic heterocycles. The second kappa shape index (κ2) is 5.31. The van der Waals surface area contributed by atoms with Crippen LogP contribution in [0.5, 0.6) is 5.75 Å². The van der Waals surface area contributed by atoms with Gasteiger partial charge in [-0.05, 0) is 19.1 Å². The first-order chi connectivity index (χ1) is 7.13. The quantitative estimate of drug-likeness (QED) is 0.705. The van der Waals surface area contributed by atoms with Crippen LogP contribution in [0.1, 0.15) is 12.6 Å². The minimum absolute atomic E-state index is 0.125. The van der Waals surface area contributed by atoms with E-state index in [4.69, 9.17) is 5.11 Å². The number of rotatable bonds is 4. The minimum Gasteiger partial charge on any atom is -0.506 e. The van der Waals surface area contributed by atoms with Gasteiger partial charge in [-0.2, -0.15) is 0 Å². The molecule has 1 aromatic rings. The van der Waals surface area contributed by atoms with Crippen molar-refractivity contribution in [3.8, 4) is 5.75 Å². The minimum atomic E-state index is -0.370. The van der Waals surface area contributed by atoms with Gasteiger partial charge in [0.05, 0.1) is 19.0 Å². The maximum absolute atomic E-state index is 11.0. The Labute approximate surface area is 88.1 Å². The summed E-state index contributed by atoms with van der Waals surface area (Å²) in [5, 5.41) is 12.0. The average molecular weight is 210 g/mol. The van der Waals surface area contributed by atoms with Crippen molar-refractivity contribution in [1.82, 2.24) is 10.3 Å². The molecule has 0 spiro atoms. The molecule has 0 saturated carbocycles. The van der Waals surface area contributed by atoms with Crippen LogP contribution in [0, 0.1) is 0 Å². The van der Waals surface area contributed by atoms with Crippen LogP contribution >= 0.6 is 0 Å². The Morgan fingerprint density at radius 3 is 2.93 bits per heavy atom. The summed E-state index contributed by atoms with van der Waals surface area (Å²) in [6.45, 7) is 2.17. The highest BCUT2D eigenvalue weighted by atomic mass is 16.5. The van der Waals surface area contributed by atoms with Crippen LogP contribution in [0.3, 0.4) is 0 Å². The van der Waals surface area contributed by atoms with E-state index in [1.807, 2.05) is 0 Å². The van der Waals surface area contributed by atoms with Gasteiger partial charge in [0.1, 0.15) is 11.8 Å². The molecule has 15 heavy (non-hydrogen) atoms. The fraction of sp³-hybridized carbons (Fsp3) is 0.400. The predicted octanol–water partition coefficient (Wildman–Crippen LogP) is 0.438. The fourth-order valence-electron chi connectivity index (χ4n) is 1.04. The first kappa shape index (κ1) is 11.5. The number of esters is 1. The van der Waals surface area contributed by atoms with E-state index >= 15 is 0 Å². The largest absolute Gasteiger partial charge is 0.506 e. The predicted molar refractivity (Wildman–Crippen MR) is 54.2 cm³/mol. The number of nitrogens with zero attached hydrogens (tertiary/aromatic N) is 1. The van der Waals surface area contributed by atoms with Crippen LogP contribution in [-0.4, -0.2) is 29.2 Å². The summed E-state index contributed by atoms with van der Waals surface area (Å²) >= 11 is 0. The van der Waals surface area contributed by atoms with Gasteiger partial charge in [0.2, 0.25) is 0 Å². The topological polar surface area (TPSA) is 71.5 Å². The van der Waals surface area contributed by atoms with Crippen molar-refractivity contribution in [2.45, 2.75) is 19.5 Å². The number of hydrogen-bond acceptors (Lipinski definition) is 5. The summed E-state index contributed by atoms with van der Waals surface area (Å²) in [5.41, 5.74) is 0.753. The number of carbonyl (C=O) groups is 1. The molecule has 0 bridgehead atoms. The molecule has 0 aliphatic rings. The summed E-state index contributed by atoms with van der Waals surface area (Å²) in [7, 11) is 1.35. The van der Waals surface area contributed by atoms with Gasteiger partial charge in [-0.25, -0.2) is 0 Å². The second-order valence-corrected chi connectivity index (χ2v) is 3.13. The highest BCUT2D eigenvalue weighted by Crippen LogP contribution is 2.05. The Kier molecular flexibility index (Phi) is 4.05. The third kappa shape index (κ3) is 3.55. The third-order valence-electron chi connectivity index (χ3n) is 1.95. The average Bonchev–Trinajstić information content (AvgIpc) is 2.26. The van der Waals surface area contributed by atoms with Crippen LogP contribution in [-0.2, 0) is 16.1 Å². The lowest BCUT2D eigenvalue weighted by molar-refractivity contribution is -0.142. The van der Waals surface area contributed by atoms with Gasteiger partial charge in [0.25, 0.3) is 0 Å². The smallest absolute Gasteiger partial charge is 0.322 e. The lowest BCUT2D eigenvalue weighted by atomic mass is 10.3. The Morgan fingerprint density at radius 2 is 2.40 bits per heavy atom. The lowest BCUT2D eigenvalue weighted by Crippen LogP contribution is -2.34. The van der Waals surface area contributed by atoms with Crippen molar-refractivity contribution in [3.63, 3.8) is 0 Å². The number of aromatic hydroxyl groups is 1. The Morgan fingerprint density at radius 1 is 1.67 bits per heavy atom. The molecule has 1 rings (SSSR count). The maximum Gasteiger partial charge on any atom is 0.322 e. The number of methoxy groups -OCH3 is 1. The summed E-state index contributed by atoms with van der Waals surface area (Å²) in [6, 6.07) is 2.87. The van der Waals surface area contributed by atoms with E-state index in [1.54, 1.807) is 19.1 Å². The van der Waals surface area contributed by atoms with E-state index in [-0.39, 0.29) is 17.8 Å². The Bertz CT molecular complexity index is 324. The van der Waals surface area contributed by atoms with Crippen LogP contribution in [0.2, 0.25) is 0 Å². The molecule has 1 atom stereocenters. The first-order valence-corrected chi connectivity index (χ1v) is 4.58. The van der Waals surface area contributed by atoms with E-state index < -0.39 is 0 Å². The molecule has 0 aliphatic carbocycles. The molecule has 1 aromatic heterocycles. The zero-order valence-corrected chi connectivity index (χ0v) is 8.73. The molecule has 0 radical (unpaired) electrons. The Balaban J connectivity index is 2.43. The maximum atomic E-state index is 11.0. The van der Waals surface area contributed by atoms with Crippen LogP contribution in [0.15, 0.2) is 18.3 Å². The zero-order chi connectivity index (χ0) is 11.3. The van der Waals surface area contributed by atoms with E-state index in [0.717, 1.165) is 5.69 Å². The number of nitrogens with one attached hydrogen (secondary N) is 1. The van der Waals surface area contributed by atoms with Crippen molar-refractivity contribution >= 4 is 5.97 Å². The van der Waals surface area contributed by atoms with E-state index in [9.17, 15) is 4.79 Å². The summed E-state index contributed by atoms with van der Waals surface area (Å²) in [4.78, 5) is 15.0. The van der Waals surface area contributed by atoms with Crippen molar-refractivity contribution in [1.29, 1.82) is 0 Å². The molecule has 2 N–H and O–H groups in total. The van der Waals surface area contributed by atoms with Gasteiger partial charge in [-0.1, -0.05) is 0 Å². The summed E-state index contributed by atoms with van der Waals surface area (Å²) in [5.74, 6) is -0.187. The van der Waals surface area contributed by atoms with E-state index in [2.05, 4.69) is 15.0 Å². The number of hydrogen-bond donors (Lipinski definition) is 2. The second-order valence-electron chi connectivity index (χ2n) is 3.13. The van der Waals surface area contributed by atoms with Crippen molar-refractivity contribution in [2.75, 3.05) is 7.11 Å². The van der Waals surface area contributed by atoms with Crippen LogP contribution in [0.4, 0.5) is 0 Å². The molecule has 82 valence electrons. The third-order valence-corrected chi connectivity index (χ3v) is 1.95. The highest BCUT2D eigenvalue weighted by molar-refractivity contribution is 5.75. The summed E-state index contributed by atoms with van der Waals surface area (Å²) in [6.07, 6.45) is 1.36. The van der Waals surface area contributed by atoms with Gasteiger partial charge < -0.3 is 9.84 Å². The van der Waals surface area contributed by atoms with Gasteiger partial charge in [0.15, 0.2) is 0 Å². The van der Waals surface area contributed by atoms with Gasteiger partial charge in [0, 0.05) is 6.54 Å². The summed E-state index contributed by atoms with van der Waals surface area (Å²) < 4.78 is 4.56.